The number of halogens is 1. The van der Waals surface area contributed by atoms with Gasteiger partial charge >= 0.3 is 0 Å². The van der Waals surface area contributed by atoms with E-state index in [2.05, 4.69) is 24.4 Å². The molecule has 5 heteroatoms. The molecule has 1 heterocycles. The summed E-state index contributed by atoms with van der Waals surface area (Å²) >= 11 is 6.30. The second-order valence-corrected chi connectivity index (χ2v) is 6.85. The van der Waals surface area contributed by atoms with Crippen LogP contribution in [0.5, 0.6) is 17.2 Å². The summed E-state index contributed by atoms with van der Waals surface area (Å²) in [6.07, 6.45) is 0.165. The maximum absolute atomic E-state index is 6.30. The van der Waals surface area contributed by atoms with E-state index in [0.29, 0.717) is 30.5 Å². The number of benzene rings is 2. The summed E-state index contributed by atoms with van der Waals surface area (Å²) in [5.41, 5.74) is 2.25. The highest BCUT2D eigenvalue weighted by Gasteiger charge is 2.17. The summed E-state index contributed by atoms with van der Waals surface area (Å²) < 4.78 is 17.0. The molecule has 134 valence electrons. The standard InChI is InChI=1S/C20H24ClNO3/c1-13(2)25-17-6-4-5-16(11-17)14(3)22-12-15-9-18(21)20-19(10-15)23-7-8-24-20/h4-6,9-11,13-14,22H,7-8,12H2,1-3H3. The van der Waals surface area contributed by atoms with Crippen molar-refractivity contribution in [3.05, 3.63) is 52.5 Å². The van der Waals surface area contributed by atoms with Gasteiger partial charge in [0.2, 0.25) is 0 Å². The van der Waals surface area contributed by atoms with E-state index in [4.69, 9.17) is 25.8 Å². The van der Waals surface area contributed by atoms with Crippen LogP contribution in [0.1, 0.15) is 37.9 Å². The van der Waals surface area contributed by atoms with Gasteiger partial charge in [-0.1, -0.05) is 23.7 Å². The van der Waals surface area contributed by atoms with Crippen LogP contribution in [-0.2, 0) is 6.54 Å². The lowest BCUT2D eigenvalue weighted by Crippen LogP contribution is -2.19. The van der Waals surface area contributed by atoms with Crippen molar-refractivity contribution in [2.75, 3.05) is 13.2 Å². The van der Waals surface area contributed by atoms with Crippen LogP contribution < -0.4 is 19.5 Å². The second-order valence-electron chi connectivity index (χ2n) is 6.44. The number of hydrogen-bond donors (Lipinski definition) is 1. The van der Waals surface area contributed by atoms with Gasteiger partial charge in [-0.2, -0.15) is 0 Å². The van der Waals surface area contributed by atoms with E-state index in [9.17, 15) is 0 Å². The smallest absolute Gasteiger partial charge is 0.179 e. The second kappa shape index (κ2) is 7.98. The molecule has 3 rings (SSSR count). The number of hydrogen-bond acceptors (Lipinski definition) is 4. The largest absolute Gasteiger partial charge is 0.491 e. The maximum atomic E-state index is 6.30. The third kappa shape index (κ3) is 4.59. The van der Waals surface area contributed by atoms with Crippen LogP contribution in [0.4, 0.5) is 0 Å². The van der Waals surface area contributed by atoms with Crippen molar-refractivity contribution < 1.29 is 14.2 Å². The Balaban J connectivity index is 1.66. The van der Waals surface area contributed by atoms with Crippen molar-refractivity contribution >= 4 is 11.6 Å². The van der Waals surface area contributed by atoms with E-state index in [1.54, 1.807) is 0 Å². The lowest BCUT2D eigenvalue weighted by Gasteiger charge is -2.21. The molecule has 1 atom stereocenters. The average molecular weight is 362 g/mol. The minimum atomic E-state index is 0.165. The number of rotatable bonds is 6. The van der Waals surface area contributed by atoms with E-state index in [-0.39, 0.29) is 12.1 Å². The highest BCUT2D eigenvalue weighted by Crippen LogP contribution is 2.38. The minimum Gasteiger partial charge on any atom is -0.491 e. The first kappa shape index (κ1) is 17.9. The maximum Gasteiger partial charge on any atom is 0.179 e. The summed E-state index contributed by atoms with van der Waals surface area (Å²) in [5, 5.41) is 4.11. The number of fused-ring (bicyclic) bond motifs is 1. The Labute approximate surface area is 154 Å². The van der Waals surface area contributed by atoms with E-state index in [1.165, 1.54) is 5.56 Å². The topological polar surface area (TPSA) is 39.7 Å². The molecule has 0 aromatic heterocycles. The third-order valence-electron chi connectivity index (χ3n) is 4.00. The Morgan fingerprint density at radius 1 is 1.12 bits per heavy atom. The Kier molecular flexibility index (Phi) is 5.71. The molecule has 1 aliphatic rings. The van der Waals surface area contributed by atoms with Crippen LogP contribution >= 0.6 is 11.6 Å². The summed E-state index contributed by atoms with van der Waals surface area (Å²) in [6.45, 7) is 7.97. The molecule has 4 nitrogen and oxygen atoms in total. The van der Waals surface area contributed by atoms with Gasteiger partial charge in [-0.25, -0.2) is 0 Å². The number of ether oxygens (including phenoxy) is 3. The van der Waals surface area contributed by atoms with Crippen LogP contribution in [0.2, 0.25) is 5.02 Å². The Hall–Kier alpha value is -1.91. The van der Waals surface area contributed by atoms with Gasteiger partial charge in [-0.15, -0.1) is 0 Å². The summed E-state index contributed by atoms with van der Waals surface area (Å²) in [7, 11) is 0. The molecule has 25 heavy (non-hydrogen) atoms. The molecular formula is C20H24ClNO3. The molecule has 2 aromatic carbocycles. The molecule has 0 amide bonds. The highest BCUT2D eigenvalue weighted by atomic mass is 35.5. The number of nitrogens with one attached hydrogen (secondary N) is 1. The lowest BCUT2D eigenvalue weighted by molar-refractivity contribution is 0.171. The van der Waals surface area contributed by atoms with Gasteiger partial charge in [0.15, 0.2) is 11.5 Å². The fourth-order valence-electron chi connectivity index (χ4n) is 2.78. The minimum absolute atomic E-state index is 0.165. The highest BCUT2D eigenvalue weighted by molar-refractivity contribution is 6.32. The zero-order valence-corrected chi connectivity index (χ0v) is 15.6. The summed E-state index contributed by atoms with van der Waals surface area (Å²) in [5.74, 6) is 2.25. The van der Waals surface area contributed by atoms with Gasteiger partial charge in [-0.05, 0) is 56.2 Å². The van der Waals surface area contributed by atoms with Gasteiger partial charge in [-0.3, -0.25) is 0 Å². The molecule has 1 N–H and O–H groups in total. The molecule has 1 unspecified atom stereocenters. The molecule has 0 radical (unpaired) electrons. The van der Waals surface area contributed by atoms with Crippen molar-refractivity contribution in [2.24, 2.45) is 0 Å². The molecular weight excluding hydrogens is 338 g/mol. The zero-order chi connectivity index (χ0) is 17.8. The van der Waals surface area contributed by atoms with Crippen molar-refractivity contribution in [1.82, 2.24) is 5.32 Å². The fraction of sp³-hybridized carbons (Fsp3) is 0.400. The van der Waals surface area contributed by atoms with Gasteiger partial charge in [0.25, 0.3) is 0 Å². The normalized spacial score (nSPS) is 14.4. The first-order chi connectivity index (χ1) is 12.0. The van der Waals surface area contributed by atoms with Crippen LogP contribution in [0.25, 0.3) is 0 Å². The summed E-state index contributed by atoms with van der Waals surface area (Å²) in [6, 6.07) is 12.3. The first-order valence-corrected chi connectivity index (χ1v) is 8.98. The van der Waals surface area contributed by atoms with E-state index in [0.717, 1.165) is 17.1 Å². The van der Waals surface area contributed by atoms with Gasteiger partial charge < -0.3 is 19.5 Å². The Morgan fingerprint density at radius 2 is 1.92 bits per heavy atom. The van der Waals surface area contributed by atoms with Gasteiger partial charge in [0.05, 0.1) is 11.1 Å². The molecule has 0 saturated carbocycles. The van der Waals surface area contributed by atoms with E-state index >= 15 is 0 Å². The monoisotopic (exact) mass is 361 g/mol. The van der Waals surface area contributed by atoms with Crippen LogP contribution in [0.15, 0.2) is 36.4 Å². The fourth-order valence-corrected chi connectivity index (χ4v) is 3.07. The van der Waals surface area contributed by atoms with E-state index in [1.807, 2.05) is 38.1 Å². The van der Waals surface area contributed by atoms with Crippen molar-refractivity contribution in [1.29, 1.82) is 0 Å². The van der Waals surface area contributed by atoms with Crippen molar-refractivity contribution in [2.45, 2.75) is 39.5 Å². The van der Waals surface area contributed by atoms with Gasteiger partial charge in [0, 0.05) is 12.6 Å². The first-order valence-electron chi connectivity index (χ1n) is 8.61. The van der Waals surface area contributed by atoms with Crippen LogP contribution in [0, 0.1) is 0 Å². The Bertz CT molecular complexity index is 733. The molecule has 0 aliphatic carbocycles. The third-order valence-corrected chi connectivity index (χ3v) is 4.28. The zero-order valence-electron chi connectivity index (χ0n) is 14.8. The van der Waals surface area contributed by atoms with Crippen molar-refractivity contribution in [3.8, 4) is 17.2 Å². The predicted molar refractivity (Wildman–Crippen MR) is 99.9 cm³/mol. The molecule has 2 aromatic rings. The average Bonchev–Trinajstić information content (AvgIpc) is 2.59. The molecule has 0 bridgehead atoms. The van der Waals surface area contributed by atoms with Gasteiger partial charge in [0.1, 0.15) is 19.0 Å². The lowest BCUT2D eigenvalue weighted by atomic mass is 10.1. The quantitative estimate of drug-likeness (QED) is 0.806. The van der Waals surface area contributed by atoms with E-state index < -0.39 is 0 Å². The van der Waals surface area contributed by atoms with Crippen LogP contribution in [0.3, 0.4) is 0 Å². The predicted octanol–water partition coefficient (Wildman–Crippen LogP) is 4.75. The van der Waals surface area contributed by atoms with Crippen LogP contribution in [-0.4, -0.2) is 19.3 Å². The summed E-state index contributed by atoms with van der Waals surface area (Å²) in [4.78, 5) is 0. The molecule has 0 spiro atoms. The molecule has 1 aliphatic heterocycles. The van der Waals surface area contributed by atoms with Crippen molar-refractivity contribution in [3.63, 3.8) is 0 Å². The molecule has 0 saturated heterocycles. The molecule has 0 fully saturated rings. The Morgan fingerprint density at radius 3 is 2.72 bits per heavy atom. The SMILES string of the molecule is CC(C)Oc1cccc(C(C)NCc2cc(Cl)c3c(c2)OCCO3)c1.